The minimum absolute atomic E-state index is 0.0561. The Morgan fingerprint density at radius 2 is 2.12 bits per heavy atom. The third-order valence-corrected chi connectivity index (χ3v) is 6.93. The van der Waals surface area contributed by atoms with Crippen molar-refractivity contribution >= 4 is 5.97 Å². The molecule has 0 spiro atoms. The lowest BCUT2D eigenvalue weighted by Crippen LogP contribution is -2.45. The van der Waals surface area contributed by atoms with Gasteiger partial charge in [0.25, 0.3) is 0 Å². The van der Waals surface area contributed by atoms with Crippen molar-refractivity contribution in [3.8, 4) is 0 Å². The summed E-state index contributed by atoms with van der Waals surface area (Å²) in [6.45, 7) is 7.94. The summed E-state index contributed by atoms with van der Waals surface area (Å²) in [5.74, 6) is 0.441. The summed E-state index contributed by atoms with van der Waals surface area (Å²) in [6.07, 6.45) is 5.60. The van der Waals surface area contributed by atoms with Gasteiger partial charge in [-0.3, -0.25) is 4.79 Å². The molecule has 1 aliphatic heterocycles. The first-order valence-electron chi connectivity index (χ1n) is 9.79. The molecule has 140 valence electrons. The molecule has 3 fully saturated rings. The average molecular weight is 357 g/mol. The molecule has 3 nitrogen and oxygen atoms in total. The lowest BCUT2D eigenvalue weighted by Gasteiger charge is -2.50. The molecule has 5 atom stereocenters. The van der Waals surface area contributed by atoms with Crippen molar-refractivity contribution in [2.75, 3.05) is 6.54 Å². The van der Waals surface area contributed by atoms with E-state index < -0.39 is 0 Å². The SMILES string of the molecule is C=C1CCC[C@]2(C)C[C@H]3OC(=O)[C@H](CNCc4ccc(F)cc4)[C@@H]3C[C@@H]12. The van der Waals surface area contributed by atoms with Crippen molar-refractivity contribution < 1.29 is 13.9 Å². The summed E-state index contributed by atoms with van der Waals surface area (Å²) in [7, 11) is 0. The fraction of sp³-hybridized carbons (Fsp3) is 0.591. The first kappa shape index (κ1) is 17.7. The maximum atomic E-state index is 13.0. The number of benzene rings is 1. The van der Waals surface area contributed by atoms with E-state index >= 15 is 0 Å². The van der Waals surface area contributed by atoms with E-state index in [2.05, 4.69) is 18.8 Å². The summed E-state index contributed by atoms with van der Waals surface area (Å²) >= 11 is 0. The molecule has 26 heavy (non-hydrogen) atoms. The highest BCUT2D eigenvalue weighted by Gasteiger charge is 2.54. The highest BCUT2D eigenvalue weighted by Crippen LogP contribution is 2.56. The van der Waals surface area contributed by atoms with Crippen LogP contribution in [0.15, 0.2) is 36.4 Å². The number of carbonyl (C=O) groups is 1. The van der Waals surface area contributed by atoms with Crippen molar-refractivity contribution in [1.29, 1.82) is 0 Å². The van der Waals surface area contributed by atoms with E-state index in [1.165, 1.54) is 30.5 Å². The highest BCUT2D eigenvalue weighted by molar-refractivity contribution is 5.75. The second kappa shape index (κ2) is 6.80. The zero-order chi connectivity index (χ0) is 18.3. The van der Waals surface area contributed by atoms with Crippen LogP contribution in [0.5, 0.6) is 0 Å². The van der Waals surface area contributed by atoms with Crippen molar-refractivity contribution in [3.63, 3.8) is 0 Å². The largest absolute Gasteiger partial charge is 0.462 e. The van der Waals surface area contributed by atoms with Crippen LogP contribution < -0.4 is 5.32 Å². The fourth-order valence-corrected chi connectivity index (χ4v) is 5.46. The topological polar surface area (TPSA) is 38.3 Å². The standard InChI is InChI=1S/C22H28FNO2/c1-14-4-3-9-22(2)11-20-17(10-19(14)22)18(21(25)26-20)13-24-12-15-5-7-16(23)8-6-15/h5-8,17-20,24H,1,3-4,9-13H2,2H3/t17-,18+,19-,20+,22+/m0/s1. The van der Waals surface area contributed by atoms with Gasteiger partial charge in [-0.2, -0.15) is 0 Å². The molecule has 2 saturated carbocycles. The molecule has 0 aromatic heterocycles. The van der Waals surface area contributed by atoms with Gasteiger partial charge in [-0.15, -0.1) is 0 Å². The van der Waals surface area contributed by atoms with Gasteiger partial charge in [0.2, 0.25) is 0 Å². The molecular formula is C22H28FNO2. The molecule has 2 aliphatic carbocycles. The van der Waals surface area contributed by atoms with Crippen LogP contribution in [0.2, 0.25) is 0 Å². The number of fused-ring (bicyclic) bond motifs is 2. The van der Waals surface area contributed by atoms with Gasteiger partial charge in [0, 0.05) is 19.0 Å². The van der Waals surface area contributed by atoms with Crippen LogP contribution in [0.4, 0.5) is 4.39 Å². The smallest absolute Gasteiger partial charge is 0.310 e. The predicted molar refractivity (Wildman–Crippen MR) is 98.8 cm³/mol. The van der Waals surface area contributed by atoms with Crippen LogP contribution in [0.25, 0.3) is 0 Å². The van der Waals surface area contributed by atoms with E-state index in [-0.39, 0.29) is 35.1 Å². The minimum Gasteiger partial charge on any atom is -0.462 e. The quantitative estimate of drug-likeness (QED) is 0.647. The molecule has 1 N–H and O–H groups in total. The number of halogens is 1. The summed E-state index contributed by atoms with van der Waals surface area (Å²) in [5.41, 5.74) is 2.63. The first-order valence-corrected chi connectivity index (χ1v) is 9.79. The molecule has 0 unspecified atom stereocenters. The normalized spacial score (nSPS) is 36.4. The van der Waals surface area contributed by atoms with E-state index in [0.29, 0.717) is 19.0 Å². The Bertz CT molecular complexity index is 701. The lowest BCUT2D eigenvalue weighted by molar-refractivity contribution is -0.146. The molecule has 1 saturated heterocycles. The minimum atomic E-state index is -0.228. The number of esters is 1. The van der Waals surface area contributed by atoms with Gasteiger partial charge in [0.1, 0.15) is 11.9 Å². The van der Waals surface area contributed by atoms with Crippen LogP contribution >= 0.6 is 0 Å². The Kier molecular flexibility index (Phi) is 4.64. The predicted octanol–water partition coefficient (Wildman–Crippen LogP) is 4.23. The maximum absolute atomic E-state index is 13.0. The fourth-order valence-electron chi connectivity index (χ4n) is 5.46. The van der Waals surface area contributed by atoms with E-state index in [1.807, 2.05) is 0 Å². The first-order chi connectivity index (χ1) is 12.5. The van der Waals surface area contributed by atoms with Gasteiger partial charge >= 0.3 is 5.97 Å². The Morgan fingerprint density at radius 3 is 2.88 bits per heavy atom. The third kappa shape index (κ3) is 3.20. The van der Waals surface area contributed by atoms with Crippen molar-refractivity contribution in [2.24, 2.45) is 23.2 Å². The van der Waals surface area contributed by atoms with Crippen molar-refractivity contribution in [1.82, 2.24) is 5.32 Å². The summed E-state index contributed by atoms with van der Waals surface area (Å²) in [6, 6.07) is 6.48. The number of ether oxygens (including phenoxy) is 1. The Morgan fingerprint density at radius 1 is 1.35 bits per heavy atom. The van der Waals surface area contributed by atoms with Crippen LogP contribution in [-0.2, 0) is 16.1 Å². The van der Waals surface area contributed by atoms with Gasteiger partial charge in [-0.1, -0.05) is 31.2 Å². The van der Waals surface area contributed by atoms with Gasteiger partial charge in [0.05, 0.1) is 5.92 Å². The van der Waals surface area contributed by atoms with Crippen molar-refractivity contribution in [2.45, 2.75) is 51.7 Å². The third-order valence-electron chi connectivity index (χ3n) is 6.93. The van der Waals surface area contributed by atoms with Crippen LogP contribution in [0.1, 0.15) is 44.6 Å². The number of hydrogen-bond donors (Lipinski definition) is 1. The molecule has 4 heteroatoms. The number of allylic oxidation sites excluding steroid dienone is 1. The van der Waals surface area contributed by atoms with E-state index in [0.717, 1.165) is 24.8 Å². The summed E-state index contributed by atoms with van der Waals surface area (Å²) in [5, 5.41) is 3.37. The number of nitrogens with one attached hydrogen (secondary N) is 1. The Labute approximate surface area is 155 Å². The zero-order valence-electron chi connectivity index (χ0n) is 15.5. The van der Waals surface area contributed by atoms with Crippen LogP contribution in [0, 0.1) is 29.0 Å². The van der Waals surface area contributed by atoms with E-state index in [1.54, 1.807) is 12.1 Å². The van der Waals surface area contributed by atoms with Crippen LogP contribution in [0.3, 0.4) is 0 Å². The molecule has 0 radical (unpaired) electrons. The monoisotopic (exact) mass is 357 g/mol. The molecule has 0 bridgehead atoms. The maximum Gasteiger partial charge on any atom is 0.310 e. The van der Waals surface area contributed by atoms with Gasteiger partial charge < -0.3 is 10.1 Å². The number of hydrogen-bond acceptors (Lipinski definition) is 3. The molecule has 1 aromatic rings. The van der Waals surface area contributed by atoms with E-state index in [9.17, 15) is 9.18 Å². The van der Waals surface area contributed by atoms with E-state index in [4.69, 9.17) is 4.74 Å². The molecule has 4 rings (SSSR count). The van der Waals surface area contributed by atoms with Gasteiger partial charge in [-0.25, -0.2) is 4.39 Å². The average Bonchev–Trinajstić information content (AvgIpc) is 2.89. The zero-order valence-corrected chi connectivity index (χ0v) is 15.5. The molecule has 1 aromatic carbocycles. The Hall–Kier alpha value is -1.68. The lowest BCUT2D eigenvalue weighted by atomic mass is 9.55. The second-order valence-corrected chi connectivity index (χ2v) is 8.66. The molecule has 0 amide bonds. The summed E-state index contributed by atoms with van der Waals surface area (Å²) in [4.78, 5) is 12.5. The number of rotatable bonds is 4. The van der Waals surface area contributed by atoms with Crippen LogP contribution in [-0.4, -0.2) is 18.6 Å². The van der Waals surface area contributed by atoms with Crippen molar-refractivity contribution in [3.05, 3.63) is 47.8 Å². The molecular weight excluding hydrogens is 329 g/mol. The highest BCUT2D eigenvalue weighted by atomic mass is 19.1. The Balaban J connectivity index is 1.40. The summed E-state index contributed by atoms with van der Waals surface area (Å²) < 4.78 is 18.8. The molecule has 1 heterocycles. The van der Waals surface area contributed by atoms with Gasteiger partial charge in [0.15, 0.2) is 0 Å². The number of carbonyl (C=O) groups excluding carboxylic acids is 1. The molecule has 3 aliphatic rings. The second-order valence-electron chi connectivity index (χ2n) is 8.66. The van der Waals surface area contributed by atoms with Gasteiger partial charge in [-0.05, 0) is 61.1 Å².